The van der Waals surface area contributed by atoms with Gasteiger partial charge in [0.05, 0.1) is 12.1 Å². The van der Waals surface area contributed by atoms with Crippen LogP contribution >= 0.6 is 0 Å². The van der Waals surface area contributed by atoms with Crippen LogP contribution in [0.25, 0.3) is 0 Å². The van der Waals surface area contributed by atoms with Gasteiger partial charge in [0.2, 0.25) is 0 Å². The number of nitrogens with zero attached hydrogens (tertiary/aromatic N) is 4. The van der Waals surface area contributed by atoms with Crippen molar-refractivity contribution in [2.45, 2.75) is 45.2 Å². The van der Waals surface area contributed by atoms with Gasteiger partial charge in [0.15, 0.2) is 5.82 Å². The number of nitrogens with one attached hydrogen (secondary N) is 1. The Morgan fingerprint density at radius 1 is 1.40 bits per heavy atom. The van der Waals surface area contributed by atoms with Gasteiger partial charge < -0.3 is 5.32 Å². The largest absolute Gasteiger partial charge is 0.311 e. The smallest absolute Gasteiger partial charge is 0.168 e. The Hall–Kier alpha value is -0.970. The number of hydrogen-bond donors (Lipinski definition) is 1. The van der Waals surface area contributed by atoms with Crippen molar-refractivity contribution < 1.29 is 0 Å². The third-order valence-electron chi connectivity index (χ3n) is 3.56. The average Bonchev–Trinajstić information content (AvgIpc) is 2.62. The molecule has 5 nitrogen and oxygen atoms in total. The summed E-state index contributed by atoms with van der Waals surface area (Å²) in [5.41, 5.74) is 0. The zero-order valence-corrected chi connectivity index (χ0v) is 9.64. The van der Waals surface area contributed by atoms with Crippen LogP contribution in [0.3, 0.4) is 0 Å². The number of hydrogen-bond acceptors (Lipinski definition) is 4. The molecule has 0 radical (unpaired) electrons. The van der Waals surface area contributed by atoms with Crippen molar-refractivity contribution in [3.63, 3.8) is 0 Å². The van der Waals surface area contributed by atoms with Gasteiger partial charge in [-0.2, -0.15) is 0 Å². The molecule has 0 amide bonds. The van der Waals surface area contributed by atoms with Crippen molar-refractivity contribution in [2.75, 3.05) is 7.05 Å². The third-order valence-corrected chi connectivity index (χ3v) is 3.56. The van der Waals surface area contributed by atoms with Crippen molar-refractivity contribution in [3.05, 3.63) is 5.82 Å². The first-order chi connectivity index (χ1) is 7.24. The van der Waals surface area contributed by atoms with E-state index in [1.54, 1.807) is 0 Å². The van der Waals surface area contributed by atoms with Crippen LogP contribution < -0.4 is 5.32 Å². The van der Waals surface area contributed by atoms with Crippen LogP contribution in [-0.4, -0.2) is 27.3 Å². The van der Waals surface area contributed by atoms with Gasteiger partial charge in [-0.15, -0.1) is 5.10 Å². The van der Waals surface area contributed by atoms with Gasteiger partial charge >= 0.3 is 0 Å². The third kappa shape index (κ3) is 1.88. The summed E-state index contributed by atoms with van der Waals surface area (Å²) in [6.07, 6.45) is 3.98. The van der Waals surface area contributed by atoms with Crippen molar-refractivity contribution in [1.29, 1.82) is 0 Å². The van der Waals surface area contributed by atoms with Gasteiger partial charge in [-0.05, 0) is 50.1 Å². The highest BCUT2D eigenvalue weighted by Crippen LogP contribution is 2.36. The average molecular weight is 209 g/mol. The predicted octanol–water partition coefficient (Wildman–Crippen LogP) is 1.31. The predicted molar refractivity (Wildman–Crippen MR) is 57.3 cm³/mol. The molecule has 0 aliphatic heterocycles. The second-order valence-electron chi connectivity index (χ2n) is 4.42. The first-order valence-corrected chi connectivity index (χ1v) is 5.69. The van der Waals surface area contributed by atoms with Crippen LogP contribution in [0.1, 0.15) is 51.0 Å². The summed E-state index contributed by atoms with van der Waals surface area (Å²) < 4.78 is 1.98. The minimum absolute atomic E-state index is 0.211. The molecule has 1 fully saturated rings. The molecule has 1 N–H and O–H groups in total. The minimum atomic E-state index is 0.211. The summed E-state index contributed by atoms with van der Waals surface area (Å²) in [7, 11) is 1.93. The van der Waals surface area contributed by atoms with Crippen molar-refractivity contribution in [3.8, 4) is 0 Å². The summed E-state index contributed by atoms with van der Waals surface area (Å²) in [4.78, 5) is 0. The van der Waals surface area contributed by atoms with Crippen LogP contribution in [0.5, 0.6) is 0 Å². The highest BCUT2D eigenvalue weighted by molar-refractivity contribution is 4.93. The Balaban J connectivity index is 2.15. The second kappa shape index (κ2) is 4.26. The van der Waals surface area contributed by atoms with E-state index in [2.05, 4.69) is 34.7 Å². The van der Waals surface area contributed by atoms with E-state index in [1.807, 2.05) is 11.7 Å². The van der Waals surface area contributed by atoms with Gasteiger partial charge in [0.1, 0.15) is 0 Å². The Bertz CT molecular complexity index is 317. The summed E-state index contributed by atoms with van der Waals surface area (Å²) in [5, 5.41) is 15.1. The Morgan fingerprint density at radius 2 is 2.13 bits per heavy atom. The molecule has 1 aliphatic rings. The lowest BCUT2D eigenvalue weighted by Gasteiger charge is -2.31. The Morgan fingerprint density at radius 3 is 2.67 bits per heavy atom. The lowest BCUT2D eigenvalue weighted by Crippen LogP contribution is -2.27. The number of rotatable bonds is 4. The molecule has 1 heterocycles. The van der Waals surface area contributed by atoms with Crippen LogP contribution in [0.4, 0.5) is 0 Å². The quantitative estimate of drug-likeness (QED) is 0.812. The Kier molecular flexibility index (Phi) is 3.00. The van der Waals surface area contributed by atoms with Gasteiger partial charge in [0, 0.05) is 0 Å². The summed E-state index contributed by atoms with van der Waals surface area (Å²) in [6, 6.07) is 0.641. The lowest BCUT2D eigenvalue weighted by molar-refractivity contribution is 0.202. The monoisotopic (exact) mass is 209 g/mol. The number of tetrazole rings is 1. The van der Waals surface area contributed by atoms with E-state index in [-0.39, 0.29) is 6.04 Å². The van der Waals surface area contributed by atoms with Gasteiger partial charge in [-0.3, -0.25) is 0 Å². The van der Waals surface area contributed by atoms with Crippen molar-refractivity contribution >= 4 is 0 Å². The van der Waals surface area contributed by atoms with Gasteiger partial charge in [0.25, 0.3) is 0 Å². The highest BCUT2D eigenvalue weighted by atomic mass is 15.6. The molecule has 5 heteroatoms. The molecule has 0 bridgehead atoms. The summed E-state index contributed by atoms with van der Waals surface area (Å²) in [6.45, 7) is 4.29. The fraction of sp³-hybridized carbons (Fsp3) is 0.900. The fourth-order valence-corrected chi connectivity index (χ4v) is 2.03. The molecule has 1 aromatic heterocycles. The molecule has 2 unspecified atom stereocenters. The van der Waals surface area contributed by atoms with E-state index in [0.29, 0.717) is 6.04 Å². The minimum Gasteiger partial charge on any atom is -0.311 e. The first-order valence-electron chi connectivity index (χ1n) is 5.69. The topological polar surface area (TPSA) is 55.6 Å². The maximum atomic E-state index is 4.10. The zero-order chi connectivity index (χ0) is 10.8. The van der Waals surface area contributed by atoms with Crippen molar-refractivity contribution in [1.82, 2.24) is 25.5 Å². The van der Waals surface area contributed by atoms with Gasteiger partial charge in [-0.1, -0.05) is 6.42 Å². The van der Waals surface area contributed by atoms with E-state index in [0.717, 1.165) is 11.7 Å². The summed E-state index contributed by atoms with van der Waals surface area (Å²) in [5.74, 6) is 1.70. The Labute approximate surface area is 90.2 Å². The molecular formula is C10H19N5. The van der Waals surface area contributed by atoms with Crippen molar-refractivity contribution in [2.24, 2.45) is 5.92 Å². The lowest BCUT2D eigenvalue weighted by atomic mass is 9.80. The molecule has 2 rings (SSSR count). The van der Waals surface area contributed by atoms with Crippen LogP contribution in [0, 0.1) is 5.92 Å². The molecule has 2 atom stereocenters. The SMILES string of the molecule is CNC(C)c1nnnn1C(C)C1CCC1. The van der Waals surface area contributed by atoms with Crippen LogP contribution in [0.2, 0.25) is 0 Å². The van der Waals surface area contributed by atoms with E-state index in [9.17, 15) is 0 Å². The molecule has 1 aliphatic carbocycles. The summed E-state index contributed by atoms with van der Waals surface area (Å²) >= 11 is 0. The van der Waals surface area contributed by atoms with E-state index < -0.39 is 0 Å². The fourth-order valence-electron chi connectivity index (χ4n) is 2.03. The van der Waals surface area contributed by atoms with E-state index in [4.69, 9.17) is 0 Å². The molecule has 0 spiro atoms. The molecule has 0 aromatic carbocycles. The molecule has 1 aromatic rings. The van der Waals surface area contributed by atoms with Gasteiger partial charge in [-0.25, -0.2) is 4.68 Å². The normalized spacial score (nSPS) is 21.0. The standard InChI is InChI=1S/C10H19N5/c1-7(11-3)10-12-13-14-15(10)8(2)9-5-4-6-9/h7-9,11H,4-6H2,1-3H3. The highest BCUT2D eigenvalue weighted by Gasteiger charge is 2.28. The van der Waals surface area contributed by atoms with E-state index >= 15 is 0 Å². The molecule has 15 heavy (non-hydrogen) atoms. The molecule has 0 saturated heterocycles. The maximum Gasteiger partial charge on any atom is 0.168 e. The number of aromatic nitrogens is 4. The molecule has 1 saturated carbocycles. The van der Waals surface area contributed by atoms with Crippen LogP contribution in [-0.2, 0) is 0 Å². The maximum absolute atomic E-state index is 4.10. The molecule has 84 valence electrons. The zero-order valence-electron chi connectivity index (χ0n) is 9.64. The van der Waals surface area contributed by atoms with Crippen LogP contribution in [0.15, 0.2) is 0 Å². The van der Waals surface area contributed by atoms with E-state index in [1.165, 1.54) is 19.3 Å². The molecular weight excluding hydrogens is 190 g/mol. The second-order valence-corrected chi connectivity index (χ2v) is 4.42. The first kappa shape index (κ1) is 10.5.